The van der Waals surface area contributed by atoms with Crippen LogP contribution in [0.5, 0.6) is 0 Å². The van der Waals surface area contributed by atoms with Crippen molar-refractivity contribution in [2.75, 3.05) is 0 Å². The van der Waals surface area contributed by atoms with Crippen molar-refractivity contribution in [3.05, 3.63) is 0 Å². The Morgan fingerprint density at radius 2 is 1.80 bits per heavy atom. The van der Waals surface area contributed by atoms with Crippen LogP contribution in [-0.2, 0) is 9.53 Å². The number of hydrogen-bond donors (Lipinski definition) is 0. The van der Waals surface area contributed by atoms with Crippen molar-refractivity contribution in [2.24, 2.45) is 5.41 Å². The zero-order valence-electron chi connectivity index (χ0n) is 6.97. The lowest BCUT2D eigenvalue weighted by Gasteiger charge is -2.13. The van der Waals surface area contributed by atoms with Gasteiger partial charge in [0, 0.05) is 5.41 Å². The predicted octanol–water partition coefficient (Wildman–Crippen LogP) is 1.39. The Hall–Kier alpha value is -0.370. The fourth-order valence-electron chi connectivity index (χ4n) is 0.888. The first-order valence-corrected chi connectivity index (χ1v) is 3.62. The topological polar surface area (TPSA) is 29.6 Å². The number of Topliss-reactive ketones (excluding diaryl/α,β-unsaturated/α-hetero) is 1. The van der Waals surface area contributed by atoms with Crippen molar-refractivity contribution in [3.8, 4) is 0 Å². The third-order valence-electron chi connectivity index (χ3n) is 1.71. The van der Waals surface area contributed by atoms with Crippen LogP contribution in [0.25, 0.3) is 0 Å². The summed E-state index contributed by atoms with van der Waals surface area (Å²) in [6, 6.07) is 0. The van der Waals surface area contributed by atoms with Crippen LogP contribution in [0.1, 0.15) is 27.7 Å². The molecule has 0 saturated carbocycles. The molecule has 1 fully saturated rings. The molecule has 0 radical (unpaired) electrons. The molecule has 1 aliphatic heterocycles. The molecule has 2 nitrogen and oxygen atoms in total. The normalized spacial score (nSPS) is 32.0. The molecular weight excluding hydrogens is 128 g/mol. The van der Waals surface area contributed by atoms with Crippen LogP contribution in [0, 0.1) is 5.41 Å². The van der Waals surface area contributed by atoms with Gasteiger partial charge in [0.1, 0.15) is 6.10 Å². The summed E-state index contributed by atoms with van der Waals surface area (Å²) in [6.45, 7) is 7.69. The highest BCUT2D eigenvalue weighted by atomic mass is 16.6. The molecule has 0 N–H and O–H groups in total. The van der Waals surface area contributed by atoms with Crippen LogP contribution in [-0.4, -0.2) is 18.0 Å². The lowest BCUT2D eigenvalue weighted by atomic mass is 9.88. The smallest absolute Gasteiger partial charge is 0.169 e. The van der Waals surface area contributed by atoms with Crippen molar-refractivity contribution in [1.29, 1.82) is 0 Å². The number of ketones is 1. The van der Waals surface area contributed by atoms with Gasteiger partial charge in [-0.25, -0.2) is 0 Å². The summed E-state index contributed by atoms with van der Waals surface area (Å²) < 4.78 is 5.06. The third-order valence-corrected chi connectivity index (χ3v) is 1.71. The van der Waals surface area contributed by atoms with Gasteiger partial charge in [-0.2, -0.15) is 0 Å². The third kappa shape index (κ3) is 1.37. The molecule has 2 heteroatoms. The van der Waals surface area contributed by atoms with E-state index < -0.39 is 0 Å². The molecule has 0 aromatic heterocycles. The Morgan fingerprint density at radius 1 is 1.40 bits per heavy atom. The van der Waals surface area contributed by atoms with E-state index in [1.165, 1.54) is 0 Å². The Kier molecular flexibility index (Phi) is 1.59. The largest absolute Gasteiger partial charge is 0.362 e. The van der Waals surface area contributed by atoms with Crippen molar-refractivity contribution in [3.63, 3.8) is 0 Å². The van der Waals surface area contributed by atoms with Gasteiger partial charge in [-0.1, -0.05) is 20.8 Å². The molecule has 10 heavy (non-hydrogen) atoms. The fraction of sp³-hybridized carbons (Fsp3) is 0.875. The van der Waals surface area contributed by atoms with Gasteiger partial charge in [0.2, 0.25) is 0 Å². The van der Waals surface area contributed by atoms with Crippen molar-refractivity contribution >= 4 is 5.78 Å². The molecule has 0 aliphatic carbocycles. The fourth-order valence-corrected chi connectivity index (χ4v) is 0.888. The Labute approximate surface area is 61.6 Å². The molecule has 0 bridgehead atoms. The number of rotatable bonds is 1. The first-order chi connectivity index (χ1) is 4.43. The number of hydrogen-bond acceptors (Lipinski definition) is 2. The molecule has 58 valence electrons. The molecule has 1 heterocycles. The van der Waals surface area contributed by atoms with Crippen LogP contribution in [0.15, 0.2) is 0 Å². The molecule has 0 spiro atoms. The van der Waals surface area contributed by atoms with E-state index in [9.17, 15) is 4.79 Å². The quantitative estimate of drug-likeness (QED) is 0.518. The maximum Gasteiger partial charge on any atom is 0.169 e. The van der Waals surface area contributed by atoms with Crippen LogP contribution >= 0.6 is 0 Å². The Bertz CT molecular complexity index is 155. The van der Waals surface area contributed by atoms with Gasteiger partial charge in [0.25, 0.3) is 0 Å². The van der Waals surface area contributed by atoms with Gasteiger partial charge in [-0.05, 0) is 6.92 Å². The first-order valence-electron chi connectivity index (χ1n) is 3.62. The number of carbonyl (C=O) groups is 1. The van der Waals surface area contributed by atoms with Gasteiger partial charge < -0.3 is 4.74 Å². The van der Waals surface area contributed by atoms with E-state index in [0.29, 0.717) is 0 Å². The summed E-state index contributed by atoms with van der Waals surface area (Å²) in [6.07, 6.45) is 0.0479. The van der Waals surface area contributed by atoms with Gasteiger partial charge in [-0.3, -0.25) is 4.79 Å². The summed E-state index contributed by atoms with van der Waals surface area (Å²) in [5.41, 5.74) is -0.241. The van der Waals surface area contributed by atoms with Crippen molar-refractivity contribution in [2.45, 2.75) is 39.9 Å². The van der Waals surface area contributed by atoms with E-state index in [4.69, 9.17) is 4.74 Å². The number of ether oxygens (including phenoxy) is 1. The summed E-state index contributed by atoms with van der Waals surface area (Å²) in [5, 5.41) is 0. The van der Waals surface area contributed by atoms with Gasteiger partial charge >= 0.3 is 0 Å². The standard InChI is InChI=1S/C8H14O2/c1-5-6(10-5)7(9)8(2,3)4/h5-6H,1-4H3. The Balaban J connectivity index is 2.51. The molecular formula is C8H14O2. The summed E-state index contributed by atoms with van der Waals surface area (Å²) in [7, 11) is 0. The SMILES string of the molecule is CC1OC1C(=O)C(C)(C)C. The maximum atomic E-state index is 11.3. The van der Waals surface area contributed by atoms with Crippen molar-refractivity contribution in [1.82, 2.24) is 0 Å². The molecule has 1 saturated heterocycles. The number of epoxide rings is 1. The molecule has 1 aliphatic rings. The highest BCUT2D eigenvalue weighted by molar-refractivity contribution is 5.90. The van der Waals surface area contributed by atoms with Gasteiger partial charge in [0.15, 0.2) is 5.78 Å². The van der Waals surface area contributed by atoms with Crippen LogP contribution in [0.2, 0.25) is 0 Å². The minimum atomic E-state index is -0.241. The predicted molar refractivity (Wildman–Crippen MR) is 38.8 cm³/mol. The van der Waals surface area contributed by atoms with E-state index in [1.807, 2.05) is 27.7 Å². The van der Waals surface area contributed by atoms with Crippen LogP contribution < -0.4 is 0 Å². The van der Waals surface area contributed by atoms with E-state index in [0.717, 1.165) is 0 Å². The van der Waals surface area contributed by atoms with Gasteiger partial charge in [-0.15, -0.1) is 0 Å². The molecule has 1 rings (SSSR count). The monoisotopic (exact) mass is 142 g/mol. The second-order valence-corrected chi connectivity index (χ2v) is 3.88. The van der Waals surface area contributed by atoms with E-state index in [-0.39, 0.29) is 23.4 Å². The zero-order chi connectivity index (χ0) is 7.94. The second-order valence-electron chi connectivity index (χ2n) is 3.88. The minimum absolute atomic E-state index is 0.111. The van der Waals surface area contributed by atoms with Gasteiger partial charge in [0.05, 0.1) is 6.10 Å². The summed E-state index contributed by atoms with van der Waals surface area (Å²) in [4.78, 5) is 11.3. The summed E-state index contributed by atoms with van der Waals surface area (Å²) >= 11 is 0. The zero-order valence-corrected chi connectivity index (χ0v) is 6.97. The van der Waals surface area contributed by atoms with E-state index >= 15 is 0 Å². The molecule has 0 aromatic carbocycles. The molecule has 0 aromatic rings. The van der Waals surface area contributed by atoms with Crippen molar-refractivity contribution < 1.29 is 9.53 Å². The molecule has 2 unspecified atom stereocenters. The average Bonchev–Trinajstić information content (AvgIpc) is 2.42. The highest BCUT2D eigenvalue weighted by Gasteiger charge is 2.45. The second kappa shape index (κ2) is 2.06. The Morgan fingerprint density at radius 3 is 1.90 bits per heavy atom. The first kappa shape index (κ1) is 7.73. The van der Waals surface area contributed by atoms with E-state index in [2.05, 4.69) is 0 Å². The van der Waals surface area contributed by atoms with Crippen LogP contribution in [0.3, 0.4) is 0 Å². The lowest BCUT2D eigenvalue weighted by Crippen LogP contribution is -2.25. The lowest BCUT2D eigenvalue weighted by molar-refractivity contribution is -0.127. The molecule has 2 atom stereocenters. The molecule has 0 amide bonds. The highest BCUT2D eigenvalue weighted by Crippen LogP contribution is 2.29. The number of carbonyl (C=O) groups excluding carboxylic acids is 1. The van der Waals surface area contributed by atoms with Crippen LogP contribution in [0.4, 0.5) is 0 Å². The average molecular weight is 142 g/mol. The van der Waals surface area contributed by atoms with E-state index in [1.54, 1.807) is 0 Å². The minimum Gasteiger partial charge on any atom is -0.362 e. The summed E-state index contributed by atoms with van der Waals surface area (Å²) in [5.74, 6) is 0.222. The maximum absolute atomic E-state index is 11.3.